The number of aromatic nitrogens is 4. The summed E-state index contributed by atoms with van der Waals surface area (Å²) >= 11 is 0. The van der Waals surface area contributed by atoms with Crippen molar-refractivity contribution in [1.29, 1.82) is 0 Å². The third-order valence-electron chi connectivity index (χ3n) is 4.52. The summed E-state index contributed by atoms with van der Waals surface area (Å²) in [5, 5.41) is 18.1. The van der Waals surface area contributed by atoms with E-state index in [0.717, 1.165) is 49.9 Å². The second-order valence-electron chi connectivity index (χ2n) is 6.05. The fraction of sp³-hybridized carbons (Fsp3) is 0.600. The molecule has 2 heterocycles. The Morgan fingerprint density at radius 3 is 2.67 bits per heavy atom. The Labute approximate surface area is 123 Å². The highest BCUT2D eigenvalue weighted by atomic mass is 16.4. The molecule has 0 bridgehead atoms. The van der Waals surface area contributed by atoms with Crippen molar-refractivity contribution in [3.63, 3.8) is 0 Å². The van der Waals surface area contributed by atoms with E-state index in [-0.39, 0.29) is 0 Å². The number of aryl methyl sites for hydroxylation is 1. The first kappa shape index (κ1) is 14.0. The highest BCUT2D eigenvalue weighted by molar-refractivity contribution is 5.75. The maximum absolute atomic E-state index is 11.9. The van der Waals surface area contributed by atoms with E-state index in [0.29, 0.717) is 12.2 Å². The minimum absolute atomic E-state index is 0.425. The molecule has 1 aliphatic rings. The van der Waals surface area contributed by atoms with Gasteiger partial charge in [0, 0.05) is 18.2 Å². The van der Waals surface area contributed by atoms with Crippen LogP contribution in [0.4, 0.5) is 0 Å². The lowest BCUT2D eigenvalue weighted by Gasteiger charge is -2.27. The van der Waals surface area contributed by atoms with E-state index in [2.05, 4.69) is 15.2 Å². The number of aliphatic carboxylic acids is 1. The van der Waals surface area contributed by atoms with E-state index in [4.69, 9.17) is 0 Å². The first-order valence-corrected chi connectivity index (χ1v) is 7.50. The van der Waals surface area contributed by atoms with Crippen LogP contribution in [0.15, 0.2) is 12.4 Å². The molecule has 1 fully saturated rings. The number of carboxylic acid groups (broad SMARTS) is 1. The van der Waals surface area contributed by atoms with E-state index in [1.165, 1.54) is 0 Å². The Bertz CT molecular complexity index is 657. The molecule has 0 saturated heterocycles. The maximum Gasteiger partial charge on any atom is 0.310 e. The molecule has 21 heavy (non-hydrogen) atoms. The lowest BCUT2D eigenvalue weighted by molar-refractivity contribution is -0.150. The zero-order valence-electron chi connectivity index (χ0n) is 12.2. The molecule has 6 nitrogen and oxygen atoms in total. The predicted octanol–water partition coefficient (Wildman–Crippen LogP) is 2.40. The number of hydrogen-bond donors (Lipinski definition) is 1. The Balaban J connectivity index is 1.96. The van der Waals surface area contributed by atoms with Gasteiger partial charge in [-0.3, -0.25) is 9.20 Å². The molecular weight excluding hydrogens is 268 g/mol. The summed E-state index contributed by atoms with van der Waals surface area (Å²) in [5.41, 5.74) is 0.903. The van der Waals surface area contributed by atoms with Crippen molar-refractivity contribution in [2.24, 2.45) is 5.41 Å². The third kappa shape index (κ3) is 2.62. The van der Waals surface area contributed by atoms with E-state index >= 15 is 0 Å². The summed E-state index contributed by atoms with van der Waals surface area (Å²) < 4.78 is 1.81. The first-order valence-electron chi connectivity index (χ1n) is 7.50. The van der Waals surface area contributed by atoms with Crippen molar-refractivity contribution < 1.29 is 9.90 Å². The topological polar surface area (TPSA) is 80.4 Å². The largest absolute Gasteiger partial charge is 0.481 e. The van der Waals surface area contributed by atoms with Crippen molar-refractivity contribution in [2.75, 3.05) is 0 Å². The molecule has 1 saturated carbocycles. The van der Waals surface area contributed by atoms with Crippen LogP contribution < -0.4 is 0 Å². The number of hydrogen-bond acceptors (Lipinski definition) is 4. The molecule has 0 amide bonds. The Morgan fingerprint density at radius 2 is 2.00 bits per heavy atom. The molecule has 0 radical (unpaired) electrons. The maximum atomic E-state index is 11.9. The molecule has 2 aromatic heterocycles. The third-order valence-corrected chi connectivity index (χ3v) is 4.52. The number of fused-ring (bicyclic) bond motifs is 1. The lowest BCUT2D eigenvalue weighted by atomic mass is 9.77. The highest BCUT2D eigenvalue weighted by Gasteiger charge is 2.40. The second kappa shape index (κ2) is 5.42. The summed E-state index contributed by atoms with van der Waals surface area (Å²) in [4.78, 5) is 16.1. The average Bonchev–Trinajstić information content (AvgIpc) is 2.69. The molecule has 0 unspecified atom stereocenters. The van der Waals surface area contributed by atoms with Crippen LogP contribution in [-0.4, -0.2) is 30.7 Å². The van der Waals surface area contributed by atoms with Crippen LogP contribution in [0, 0.1) is 12.3 Å². The molecule has 0 aromatic carbocycles. The van der Waals surface area contributed by atoms with Crippen LogP contribution in [0.2, 0.25) is 0 Å². The van der Waals surface area contributed by atoms with Gasteiger partial charge in [-0.2, -0.15) is 0 Å². The summed E-state index contributed by atoms with van der Waals surface area (Å²) in [6.45, 7) is 1.90. The van der Waals surface area contributed by atoms with Crippen molar-refractivity contribution in [3.05, 3.63) is 23.9 Å². The van der Waals surface area contributed by atoms with Gasteiger partial charge < -0.3 is 5.11 Å². The molecule has 1 aliphatic carbocycles. The first-order chi connectivity index (χ1) is 10.1. The van der Waals surface area contributed by atoms with Gasteiger partial charge in [0.15, 0.2) is 5.65 Å². The van der Waals surface area contributed by atoms with Crippen LogP contribution in [-0.2, 0) is 11.2 Å². The van der Waals surface area contributed by atoms with Crippen LogP contribution in [0.1, 0.15) is 50.0 Å². The van der Waals surface area contributed by atoms with Gasteiger partial charge in [0.2, 0.25) is 0 Å². The van der Waals surface area contributed by atoms with E-state index in [9.17, 15) is 9.90 Å². The summed E-state index contributed by atoms with van der Waals surface area (Å²) in [7, 11) is 0. The fourth-order valence-electron chi connectivity index (χ4n) is 3.23. The molecule has 6 heteroatoms. The fourth-order valence-corrected chi connectivity index (χ4v) is 3.23. The molecule has 0 spiro atoms. The van der Waals surface area contributed by atoms with Crippen LogP contribution in [0.3, 0.4) is 0 Å². The molecule has 1 N–H and O–H groups in total. The summed E-state index contributed by atoms with van der Waals surface area (Å²) in [5.74, 6) is -0.0111. The Hall–Kier alpha value is -1.98. The molecular formula is C15H20N4O2. The number of nitrogens with zero attached hydrogens (tertiary/aromatic N) is 4. The van der Waals surface area contributed by atoms with E-state index in [1.807, 2.05) is 17.4 Å². The second-order valence-corrected chi connectivity index (χ2v) is 6.05. The molecule has 0 aliphatic heterocycles. The average molecular weight is 288 g/mol. The Kier molecular flexibility index (Phi) is 3.61. The van der Waals surface area contributed by atoms with Gasteiger partial charge in [-0.25, -0.2) is 4.98 Å². The van der Waals surface area contributed by atoms with Crippen molar-refractivity contribution in [2.45, 2.75) is 51.9 Å². The predicted molar refractivity (Wildman–Crippen MR) is 77.0 cm³/mol. The highest BCUT2D eigenvalue weighted by Crippen LogP contribution is 2.38. The zero-order chi connectivity index (χ0) is 14.9. The van der Waals surface area contributed by atoms with Gasteiger partial charge in [0.1, 0.15) is 12.2 Å². The molecule has 112 valence electrons. The molecule has 2 aromatic rings. The SMILES string of the molecule is Cc1cc2nnc(CC3(C(=O)O)CCCCCC3)n2cn1. The van der Waals surface area contributed by atoms with Crippen molar-refractivity contribution >= 4 is 11.6 Å². The quantitative estimate of drug-likeness (QED) is 0.877. The monoisotopic (exact) mass is 288 g/mol. The summed E-state index contributed by atoms with van der Waals surface area (Å²) in [6.07, 6.45) is 7.74. The smallest absolute Gasteiger partial charge is 0.310 e. The number of carboxylic acids is 1. The van der Waals surface area contributed by atoms with E-state index in [1.54, 1.807) is 6.33 Å². The Morgan fingerprint density at radius 1 is 1.29 bits per heavy atom. The molecule has 0 atom stereocenters. The van der Waals surface area contributed by atoms with Gasteiger partial charge >= 0.3 is 5.97 Å². The zero-order valence-corrected chi connectivity index (χ0v) is 12.2. The van der Waals surface area contributed by atoms with Gasteiger partial charge in [-0.15, -0.1) is 10.2 Å². The van der Waals surface area contributed by atoms with Gasteiger partial charge in [0.25, 0.3) is 0 Å². The van der Waals surface area contributed by atoms with E-state index < -0.39 is 11.4 Å². The standard InChI is InChI=1S/C15H20N4O2/c1-11-8-12-17-18-13(19(12)10-16-11)9-15(14(20)21)6-4-2-3-5-7-15/h8,10H,2-7,9H2,1H3,(H,20,21). The number of carbonyl (C=O) groups is 1. The minimum atomic E-state index is -0.707. The molecule has 3 rings (SSSR count). The normalized spacial score (nSPS) is 18.5. The summed E-state index contributed by atoms with van der Waals surface area (Å²) in [6, 6.07) is 1.86. The number of rotatable bonds is 3. The van der Waals surface area contributed by atoms with Crippen LogP contribution >= 0.6 is 0 Å². The van der Waals surface area contributed by atoms with Gasteiger partial charge in [0.05, 0.1) is 5.41 Å². The minimum Gasteiger partial charge on any atom is -0.481 e. The van der Waals surface area contributed by atoms with Gasteiger partial charge in [-0.1, -0.05) is 25.7 Å². The van der Waals surface area contributed by atoms with Crippen LogP contribution in [0.25, 0.3) is 5.65 Å². The van der Waals surface area contributed by atoms with Crippen molar-refractivity contribution in [3.8, 4) is 0 Å². The lowest BCUT2D eigenvalue weighted by Crippen LogP contribution is -2.33. The van der Waals surface area contributed by atoms with Gasteiger partial charge in [-0.05, 0) is 19.8 Å². The van der Waals surface area contributed by atoms with Crippen LogP contribution in [0.5, 0.6) is 0 Å². The van der Waals surface area contributed by atoms with Crippen molar-refractivity contribution in [1.82, 2.24) is 19.6 Å².